The summed E-state index contributed by atoms with van der Waals surface area (Å²) in [4.78, 5) is 28.5. The molecule has 2 aliphatic heterocycles. The molecule has 26 heavy (non-hydrogen) atoms. The minimum absolute atomic E-state index is 0. The van der Waals surface area contributed by atoms with Crippen LogP contribution in [0.4, 0.5) is 5.69 Å². The van der Waals surface area contributed by atoms with Crippen molar-refractivity contribution in [3.8, 4) is 0 Å². The second-order valence-electron chi connectivity index (χ2n) is 6.32. The highest BCUT2D eigenvalue weighted by molar-refractivity contribution is 6.33. The number of halogens is 3. The maximum absolute atomic E-state index is 12.4. The number of hydrogen-bond acceptors (Lipinski definition) is 4. The first-order valence-corrected chi connectivity index (χ1v) is 8.77. The lowest BCUT2D eigenvalue weighted by molar-refractivity contribution is -0.136. The van der Waals surface area contributed by atoms with E-state index in [1.807, 2.05) is 17.0 Å². The van der Waals surface area contributed by atoms with E-state index < -0.39 is 0 Å². The predicted octanol–water partition coefficient (Wildman–Crippen LogP) is 1.88. The minimum atomic E-state index is -0.0807. The molecule has 1 aromatic rings. The molecule has 2 N–H and O–H groups in total. The fourth-order valence-corrected chi connectivity index (χ4v) is 3.39. The molecule has 2 saturated heterocycles. The molecule has 0 aromatic heterocycles. The molecule has 6 nitrogen and oxygen atoms in total. The summed E-state index contributed by atoms with van der Waals surface area (Å²) in [6.45, 7) is 4.86. The fourth-order valence-electron chi connectivity index (χ4n) is 3.21. The SMILES string of the molecule is Cl.Cl.O=C(CN1CCN(C(=O)C2CCNC2)CC1)Nc1ccccc1Cl. The molecule has 3 rings (SSSR count). The van der Waals surface area contributed by atoms with Gasteiger partial charge in [-0.3, -0.25) is 14.5 Å². The molecule has 146 valence electrons. The highest BCUT2D eigenvalue weighted by Crippen LogP contribution is 2.20. The number of para-hydroxylation sites is 1. The molecular formula is C17H25Cl3N4O2. The van der Waals surface area contributed by atoms with Crippen LogP contribution in [-0.4, -0.2) is 67.4 Å². The average molecular weight is 424 g/mol. The monoisotopic (exact) mass is 422 g/mol. The molecular weight excluding hydrogens is 399 g/mol. The van der Waals surface area contributed by atoms with E-state index in [0.29, 0.717) is 30.3 Å². The van der Waals surface area contributed by atoms with Crippen LogP contribution in [-0.2, 0) is 9.59 Å². The molecule has 1 unspecified atom stereocenters. The van der Waals surface area contributed by atoms with Gasteiger partial charge in [-0.25, -0.2) is 0 Å². The van der Waals surface area contributed by atoms with Gasteiger partial charge in [0.1, 0.15) is 0 Å². The van der Waals surface area contributed by atoms with Crippen molar-refractivity contribution in [3.05, 3.63) is 29.3 Å². The van der Waals surface area contributed by atoms with Gasteiger partial charge < -0.3 is 15.5 Å². The molecule has 0 spiro atoms. The summed E-state index contributed by atoms with van der Waals surface area (Å²) in [6.07, 6.45) is 0.930. The second kappa shape index (κ2) is 10.9. The van der Waals surface area contributed by atoms with Gasteiger partial charge in [-0.1, -0.05) is 23.7 Å². The van der Waals surface area contributed by atoms with E-state index in [1.165, 1.54) is 0 Å². The summed E-state index contributed by atoms with van der Waals surface area (Å²) in [5.41, 5.74) is 0.631. The van der Waals surface area contributed by atoms with Crippen molar-refractivity contribution in [2.45, 2.75) is 6.42 Å². The van der Waals surface area contributed by atoms with Gasteiger partial charge in [0.2, 0.25) is 11.8 Å². The van der Waals surface area contributed by atoms with Gasteiger partial charge in [-0.05, 0) is 25.1 Å². The van der Waals surface area contributed by atoms with Crippen molar-refractivity contribution >= 4 is 53.9 Å². The van der Waals surface area contributed by atoms with Crippen molar-refractivity contribution in [2.75, 3.05) is 51.1 Å². The van der Waals surface area contributed by atoms with E-state index in [9.17, 15) is 9.59 Å². The first-order chi connectivity index (χ1) is 11.6. The Hall–Kier alpha value is -1.05. The van der Waals surface area contributed by atoms with E-state index in [2.05, 4.69) is 15.5 Å². The summed E-state index contributed by atoms with van der Waals surface area (Å²) in [6, 6.07) is 7.20. The molecule has 2 aliphatic rings. The maximum Gasteiger partial charge on any atom is 0.238 e. The van der Waals surface area contributed by atoms with Crippen LogP contribution < -0.4 is 10.6 Å². The Bertz CT molecular complexity index is 603. The first kappa shape index (κ1) is 23.0. The topological polar surface area (TPSA) is 64.7 Å². The van der Waals surface area contributed by atoms with Gasteiger partial charge in [-0.2, -0.15) is 0 Å². The molecule has 0 radical (unpaired) electrons. The quantitative estimate of drug-likeness (QED) is 0.776. The van der Waals surface area contributed by atoms with E-state index in [4.69, 9.17) is 11.6 Å². The number of carbonyl (C=O) groups excluding carboxylic acids is 2. The van der Waals surface area contributed by atoms with Crippen molar-refractivity contribution in [1.82, 2.24) is 15.1 Å². The van der Waals surface area contributed by atoms with Crippen LogP contribution in [0.5, 0.6) is 0 Å². The number of anilines is 1. The summed E-state index contributed by atoms with van der Waals surface area (Å²) >= 11 is 6.05. The number of rotatable bonds is 4. The molecule has 0 bridgehead atoms. The lowest BCUT2D eigenvalue weighted by atomic mass is 10.1. The summed E-state index contributed by atoms with van der Waals surface area (Å²) < 4.78 is 0. The number of amides is 2. The molecule has 0 saturated carbocycles. The van der Waals surface area contributed by atoms with Crippen LogP contribution in [0.2, 0.25) is 5.02 Å². The van der Waals surface area contributed by atoms with Gasteiger partial charge in [0.15, 0.2) is 0 Å². The highest BCUT2D eigenvalue weighted by Gasteiger charge is 2.29. The van der Waals surface area contributed by atoms with Gasteiger partial charge >= 0.3 is 0 Å². The Balaban J connectivity index is 0.00000169. The number of nitrogens with zero attached hydrogens (tertiary/aromatic N) is 2. The van der Waals surface area contributed by atoms with E-state index in [1.54, 1.807) is 12.1 Å². The molecule has 2 heterocycles. The van der Waals surface area contributed by atoms with E-state index in [-0.39, 0.29) is 42.5 Å². The largest absolute Gasteiger partial charge is 0.340 e. The Morgan fingerprint density at radius 1 is 1.15 bits per heavy atom. The van der Waals surface area contributed by atoms with Gasteiger partial charge in [-0.15, -0.1) is 24.8 Å². The Labute approximate surface area is 171 Å². The summed E-state index contributed by atoms with van der Waals surface area (Å²) in [5.74, 6) is 0.295. The summed E-state index contributed by atoms with van der Waals surface area (Å²) in [7, 11) is 0. The second-order valence-corrected chi connectivity index (χ2v) is 6.73. The lowest BCUT2D eigenvalue weighted by Crippen LogP contribution is -2.52. The smallest absolute Gasteiger partial charge is 0.238 e. The molecule has 2 fully saturated rings. The summed E-state index contributed by atoms with van der Waals surface area (Å²) in [5, 5.41) is 6.60. The number of hydrogen-bond donors (Lipinski definition) is 2. The molecule has 9 heteroatoms. The third kappa shape index (κ3) is 5.99. The number of carbonyl (C=O) groups is 2. The van der Waals surface area contributed by atoms with Crippen LogP contribution in [0, 0.1) is 5.92 Å². The molecule has 1 aromatic carbocycles. The van der Waals surface area contributed by atoms with Crippen LogP contribution >= 0.6 is 36.4 Å². The third-order valence-corrected chi connectivity index (χ3v) is 4.94. The van der Waals surface area contributed by atoms with Crippen molar-refractivity contribution in [1.29, 1.82) is 0 Å². The zero-order valence-electron chi connectivity index (χ0n) is 14.4. The van der Waals surface area contributed by atoms with Crippen LogP contribution in [0.15, 0.2) is 24.3 Å². The lowest BCUT2D eigenvalue weighted by Gasteiger charge is -2.35. The maximum atomic E-state index is 12.4. The third-order valence-electron chi connectivity index (χ3n) is 4.61. The van der Waals surface area contributed by atoms with Crippen molar-refractivity contribution in [2.24, 2.45) is 5.92 Å². The van der Waals surface area contributed by atoms with Crippen LogP contribution in [0.1, 0.15) is 6.42 Å². The van der Waals surface area contributed by atoms with Gasteiger partial charge in [0.05, 0.1) is 23.2 Å². The first-order valence-electron chi connectivity index (χ1n) is 8.40. The number of nitrogens with one attached hydrogen (secondary N) is 2. The number of benzene rings is 1. The molecule has 1 atom stereocenters. The Kier molecular flexibility index (Phi) is 9.68. The zero-order valence-corrected chi connectivity index (χ0v) is 16.8. The van der Waals surface area contributed by atoms with Gasteiger partial charge in [0.25, 0.3) is 0 Å². The Morgan fingerprint density at radius 3 is 2.46 bits per heavy atom. The van der Waals surface area contributed by atoms with Crippen molar-refractivity contribution in [3.63, 3.8) is 0 Å². The van der Waals surface area contributed by atoms with Crippen LogP contribution in [0.25, 0.3) is 0 Å². The molecule has 2 amide bonds. The van der Waals surface area contributed by atoms with E-state index in [0.717, 1.165) is 32.6 Å². The van der Waals surface area contributed by atoms with Gasteiger partial charge in [0, 0.05) is 32.7 Å². The standard InChI is InChI=1S/C17H23ClN4O2.2ClH/c18-14-3-1-2-4-15(14)20-16(23)12-21-7-9-22(10-8-21)17(24)13-5-6-19-11-13;;/h1-4,13,19H,5-12H2,(H,20,23);2*1H. The van der Waals surface area contributed by atoms with Crippen LogP contribution in [0.3, 0.4) is 0 Å². The minimum Gasteiger partial charge on any atom is -0.340 e. The highest BCUT2D eigenvalue weighted by atomic mass is 35.5. The predicted molar refractivity (Wildman–Crippen MR) is 109 cm³/mol. The van der Waals surface area contributed by atoms with Crippen molar-refractivity contribution < 1.29 is 9.59 Å². The average Bonchev–Trinajstić information content (AvgIpc) is 3.11. The number of piperazine rings is 1. The zero-order chi connectivity index (χ0) is 16.9. The van der Waals surface area contributed by atoms with E-state index >= 15 is 0 Å². The normalized spacial score (nSPS) is 20.0. The fraction of sp³-hybridized carbons (Fsp3) is 0.529. The molecule has 0 aliphatic carbocycles. The Morgan fingerprint density at radius 2 is 1.85 bits per heavy atom.